The topological polar surface area (TPSA) is 79.9 Å². The summed E-state index contributed by atoms with van der Waals surface area (Å²) in [5.74, 6) is 0.665. The van der Waals surface area contributed by atoms with Gasteiger partial charge in [-0.15, -0.1) is 0 Å². The number of aliphatic hydroxyl groups is 1. The summed E-state index contributed by atoms with van der Waals surface area (Å²) in [6.45, 7) is 5.69. The van der Waals surface area contributed by atoms with Crippen molar-refractivity contribution in [3.63, 3.8) is 0 Å². The average molecular weight is 473 g/mol. The first kappa shape index (κ1) is 23.8. The molecule has 178 valence electrons. The second kappa shape index (κ2) is 10.7. The van der Waals surface area contributed by atoms with Gasteiger partial charge in [-0.25, -0.2) is 0 Å². The van der Waals surface area contributed by atoms with E-state index in [1.54, 1.807) is 21.1 Å². The normalized spacial score (nSPS) is 17.5. The third-order valence-electron chi connectivity index (χ3n) is 5.99. The second-order valence-electron chi connectivity index (χ2n) is 9.03. The molecule has 1 aromatic carbocycles. The first-order valence-electron chi connectivity index (χ1n) is 11.7. The van der Waals surface area contributed by atoms with Crippen molar-refractivity contribution in [1.29, 1.82) is 0 Å². The zero-order chi connectivity index (χ0) is 23.4. The molecule has 3 heterocycles. The molecule has 3 aromatic rings. The molecule has 0 amide bonds. The number of ether oxygens (including phenoxy) is 1. The highest BCUT2D eigenvalue weighted by atomic mass is 35.5. The molecule has 0 aliphatic carbocycles. The van der Waals surface area contributed by atoms with Gasteiger partial charge in [-0.3, -0.25) is 10.1 Å². The second-order valence-corrected chi connectivity index (χ2v) is 9.47. The molecule has 1 aliphatic heterocycles. The van der Waals surface area contributed by atoms with Crippen molar-refractivity contribution in [2.24, 2.45) is 0 Å². The van der Waals surface area contributed by atoms with Gasteiger partial charge in [0.25, 0.3) is 5.56 Å². The van der Waals surface area contributed by atoms with Crippen molar-refractivity contribution in [3.8, 4) is 17.0 Å². The van der Waals surface area contributed by atoms with E-state index in [1.165, 1.54) is 19.3 Å². The molecule has 1 aliphatic rings. The summed E-state index contributed by atoms with van der Waals surface area (Å²) in [6, 6.07) is 9.73. The number of fused-ring (bicyclic) bond motifs is 1. The predicted molar refractivity (Wildman–Crippen MR) is 132 cm³/mol. The fourth-order valence-corrected chi connectivity index (χ4v) is 4.61. The van der Waals surface area contributed by atoms with Crippen LogP contribution in [0.15, 0.2) is 47.5 Å². The van der Waals surface area contributed by atoms with Crippen molar-refractivity contribution >= 4 is 17.1 Å². The predicted octanol–water partition coefficient (Wildman–Crippen LogP) is 3.65. The molecule has 0 bridgehead atoms. The van der Waals surface area contributed by atoms with Crippen LogP contribution in [0.2, 0.25) is 5.02 Å². The Morgan fingerprint density at radius 2 is 2.12 bits per heavy atom. The number of hydrogen-bond donors (Lipinski definition) is 3. The lowest BCUT2D eigenvalue weighted by Gasteiger charge is -2.23. The van der Waals surface area contributed by atoms with Crippen molar-refractivity contribution in [2.45, 2.75) is 64.4 Å². The first-order valence-corrected chi connectivity index (χ1v) is 12.1. The van der Waals surface area contributed by atoms with Crippen LogP contribution in [0, 0.1) is 0 Å². The minimum atomic E-state index is -0.864. The van der Waals surface area contributed by atoms with E-state index in [2.05, 4.69) is 10.6 Å². The van der Waals surface area contributed by atoms with E-state index in [-0.39, 0.29) is 18.1 Å². The molecule has 8 heteroatoms. The summed E-state index contributed by atoms with van der Waals surface area (Å²) in [4.78, 5) is 13.5. The highest BCUT2D eigenvalue weighted by Crippen LogP contribution is 2.24. The fourth-order valence-electron chi connectivity index (χ4n) is 4.42. The van der Waals surface area contributed by atoms with Gasteiger partial charge in [0.15, 0.2) is 0 Å². The lowest BCUT2D eigenvalue weighted by molar-refractivity contribution is 0.108. The molecular weight excluding hydrogens is 440 g/mol. The van der Waals surface area contributed by atoms with E-state index in [9.17, 15) is 9.90 Å². The SMILES string of the molecule is CC(C)NC(O)Cn1c(-c2cccc(Cl)c2)cn2cc(OCCC3CCCCN3)cc2c1=O. The van der Waals surface area contributed by atoms with E-state index >= 15 is 0 Å². The van der Waals surface area contributed by atoms with Gasteiger partial charge in [0, 0.05) is 34.9 Å². The van der Waals surface area contributed by atoms with Crippen LogP contribution in [0.5, 0.6) is 5.75 Å². The van der Waals surface area contributed by atoms with E-state index in [0.717, 1.165) is 18.5 Å². The molecule has 33 heavy (non-hydrogen) atoms. The van der Waals surface area contributed by atoms with Crippen LogP contribution in [-0.2, 0) is 6.54 Å². The Balaban J connectivity index is 1.63. The molecule has 1 saturated heterocycles. The third-order valence-corrected chi connectivity index (χ3v) is 6.22. The number of piperidine rings is 1. The van der Waals surface area contributed by atoms with Crippen LogP contribution in [0.4, 0.5) is 0 Å². The van der Waals surface area contributed by atoms with Crippen molar-refractivity contribution in [1.82, 2.24) is 19.6 Å². The maximum atomic E-state index is 13.5. The van der Waals surface area contributed by atoms with Crippen molar-refractivity contribution < 1.29 is 9.84 Å². The van der Waals surface area contributed by atoms with Crippen LogP contribution in [0.3, 0.4) is 0 Å². The smallest absolute Gasteiger partial charge is 0.275 e. The molecule has 1 fully saturated rings. The zero-order valence-electron chi connectivity index (χ0n) is 19.3. The number of aliphatic hydroxyl groups excluding tert-OH is 1. The Kier molecular flexibility index (Phi) is 7.75. The van der Waals surface area contributed by atoms with Crippen molar-refractivity contribution in [3.05, 3.63) is 58.1 Å². The Labute approximate surface area is 199 Å². The van der Waals surface area contributed by atoms with E-state index in [1.807, 2.05) is 44.4 Å². The maximum Gasteiger partial charge on any atom is 0.275 e. The summed E-state index contributed by atoms with van der Waals surface area (Å²) >= 11 is 6.22. The van der Waals surface area contributed by atoms with Crippen LogP contribution in [0.25, 0.3) is 16.8 Å². The summed E-state index contributed by atoms with van der Waals surface area (Å²) in [6.07, 6.45) is 7.49. The number of aromatic nitrogens is 2. The van der Waals surface area contributed by atoms with Gasteiger partial charge in [-0.2, -0.15) is 0 Å². The number of nitrogens with zero attached hydrogens (tertiary/aromatic N) is 2. The van der Waals surface area contributed by atoms with Gasteiger partial charge in [0.05, 0.1) is 25.0 Å². The third kappa shape index (κ3) is 5.98. The Bertz CT molecular complexity index is 1130. The fraction of sp³-hybridized carbons (Fsp3) is 0.480. The van der Waals surface area contributed by atoms with Crippen molar-refractivity contribution in [2.75, 3.05) is 13.2 Å². The molecule has 0 spiro atoms. The van der Waals surface area contributed by atoms with Gasteiger partial charge in [0.1, 0.15) is 17.5 Å². The Morgan fingerprint density at radius 1 is 1.27 bits per heavy atom. The van der Waals surface area contributed by atoms with Crippen LogP contribution in [-0.4, -0.2) is 45.5 Å². The highest BCUT2D eigenvalue weighted by Gasteiger charge is 2.17. The van der Waals surface area contributed by atoms with Gasteiger partial charge >= 0.3 is 0 Å². The maximum absolute atomic E-state index is 13.5. The zero-order valence-corrected chi connectivity index (χ0v) is 20.0. The quantitative estimate of drug-likeness (QED) is 0.414. The summed E-state index contributed by atoms with van der Waals surface area (Å²) in [5.41, 5.74) is 1.79. The lowest BCUT2D eigenvalue weighted by Crippen LogP contribution is -2.40. The van der Waals surface area contributed by atoms with E-state index in [4.69, 9.17) is 16.3 Å². The number of hydrogen-bond acceptors (Lipinski definition) is 5. The minimum Gasteiger partial charge on any atom is -0.492 e. The molecule has 4 rings (SSSR count). The van der Waals surface area contributed by atoms with Crippen LogP contribution < -0.4 is 20.9 Å². The van der Waals surface area contributed by atoms with Gasteiger partial charge in [0.2, 0.25) is 0 Å². The largest absolute Gasteiger partial charge is 0.492 e. The molecule has 2 atom stereocenters. The minimum absolute atomic E-state index is 0.0843. The standard InChI is InChI=1S/C25H33ClN4O3/c1-17(2)28-24(31)16-30-23(18-6-5-7-19(26)12-18)15-29-14-21(13-22(29)25(30)32)33-11-9-20-8-3-4-10-27-20/h5-7,12-15,17,20,24,27-28,31H,3-4,8-11,16H2,1-2H3. The van der Waals surface area contributed by atoms with E-state index in [0.29, 0.717) is 34.6 Å². The molecule has 3 N–H and O–H groups in total. The highest BCUT2D eigenvalue weighted by molar-refractivity contribution is 6.30. The monoisotopic (exact) mass is 472 g/mol. The lowest BCUT2D eigenvalue weighted by atomic mass is 10.0. The summed E-state index contributed by atoms with van der Waals surface area (Å²) < 4.78 is 9.39. The molecule has 2 unspecified atom stereocenters. The molecular formula is C25H33ClN4O3. The first-order chi connectivity index (χ1) is 15.9. The van der Waals surface area contributed by atoms with Crippen LogP contribution >= 0.6 is 11.6 Å². The molecule has 7 nitrogen and oxygen atoms in total. The van der Waals surface area contributed by atoms with Crippen LogP contribution in [0.1, 0.15) is 39.5 Å². The molecule has 0 saturated carbocycles. The van der Waals surface area contributed by atoms with Gasteiger partial charge < -0.3 is 24.1 Å². The number of rotatable bonds is 9. The Morgan fingerprint density at radius 3 is 2.85 bits per heavy atom. The van der Waals surface area contributed by atoms with E-state index < -0.39 is 6.23 Å². The average Bonchev–Trinajstić information content (AvgIpc) is 3.19. The number of halogens is 1. The summed E-state index contributed by atoms with van der Waals surface area (Å²) in [7, 11) is 0. The Hall–Kier alpha value is -2.32. The van der Waals surface area contributed by atoms with Gasteiger partial charge in [-0.1, -0.05) is 30.2 Å². The number of nitrogens with one attached hydrogen (secondary N) is 2. The summed E-state index contributed by atoms with van der Waals surface area (Å²) in [5, 5.41) is 17.7. The number of benzene rings is 1. The molecule has 2 aromatic heterocycles. The van der Waals surface area contributed by atoms with Gasteiger partial charge in [-0.05, 0) is 51.8 Å². The molecule has 0 radical (unpaired) electrons.